The van der Waals surface area contributed by atoms with Gasteiger partial charge in [0.15, 0.2) is 11.5 Å². The minimum absolute atomic E-state index is 0.0161. The zero-order valence-electron chi connectivity index (χ0n) is 18.7. The quantitative estimate of drug-likeness (QED) is 0.270. The van der Waals surface area contributed by atoms with Crippen molar-refractivity contribution in [1.82, 2.24) is 9.88 Å². The molecule has 1 amide bonds. The van der Waals surface area contributed by atoms with Gasteiger partial charge in [0.1, 0.15) is 5.76 Å². The smallest absolute Gasteiger partial charge is 0.295 e. The van der Waals surface area contributed by atoms with Crippen molar-refractivity contribution in [2.75, 3.05) is 13.7 Å². The Hall–Kier alpha value is -3.65. The summed E-state index contributed by atoms with van der Waals surface area (Å²) < 4.78 is 11.9. The molecular weight excluding hydrogens is 500 g/mol. The number of amides is 1. The average Bonchev–Trinajstić information content (AvgIpc) is 3.10. The number of ether oxygens (including phenoxy) is 2. The molecule has 1 aliphatic heterocycles. The largest absolute Gasteiger partial charge is 0.507 e. The first-order chi connectivity index (χ1) is 16.4. The molecule has 3 aromatic rings. The number of ketones is 1. The Labute approximate surface area is 205 Å². The lowest BCUT2D eigenvalue weighted by atomic mass is 9.95. The summed E-state index contributed by atoms with van der Waals surface area (Å²) in [7, 11) is 1.52. The van der Waals surface area contributed by atoms with E-state index in [0.717, 1.165) is 10.0 Å². The number of likely N-dealkylation sites (tertiary alicyclic amines) is 1. The monoisotopic (exact) mass is 522 g/mol. The van der Waals surface area contributed by atoms with Crippen molar-refractivity contribution in [3.63, 3.8) is 0 Å². The number of nitrogens with zero attached hydrogens (tertiary/aromatic N) is 2. The van der Waals surface area contributed by atoms with Gasteiger partial charge in [-0.3, -0.25) is 14.6 Å². The number of methoxy groups -OCH3 is 1. The third kappa shape index (κ3) is 4.54. The Kier molecular flexibility index (Phi) is 6.98. The number of aromatic nitrogens is 1. The van der Waals surface area contributed by atoms with Crippen LogP contribution < -0.4 is 9.47 Å². The van der Waals surface area contributed by atoms with Gasteiger partial charge >= 0.3 is 0 Å². The lowest BCUT2D eigenvalue weighted by molar-refractivity contribution is -0.140. The Morgan fingerprint density at radius 1 is 1.12 bits per heavy atom. The molecule has 1 fully saturated rings. The molecule has 0 radical (unpaired) electrons. The van der Waals surface area contributed by atoms with Gasteiger partial charge in [-0.2, -0.15) is 0 Å². The van der Waals surface area contributed by atoms with E-state index in [9.17, 15) is 14.7 Å². The van der Waals surface area contributed by atoms with Crippen LogP contribution in [0.5, 0.6) is 11.5 Å². The lowest BCUT2D eigenvalue weighted by Gasteiger charge is -2.26. The highest BCUT2D eigenvalue weighted by Crippen LogP contribution is 2.42. The molecule has 1 atom stereocenters. The van der Waals surface area contributed by atoms with Crippen LogP contribution >= 0.6 is 15.9 Å². The summed E-state index contributed by atoms with van der Waals surface area (Å²) in [5, 5.41) is 11.2. The highest BCUT2D eigenvalue weighted by Gasteiger charge is 2.46. The first-order valence-corrected chi connectivity index (χ1v) is 11.5. The predicted octanol–water partition coefficient (Wildman–Crippen LogP) is 4.87. The maximum atomic E-state index is 13.2. The van der Waals surface area contributed by atoms with E-state index < -0.39 is 17.7 Å². The van der Waals surface area contributed by atoms with Crippen molar-refractivity contribution >= 4 is 33.4 Å². The molecule has 1 aliphatic rings. The molecule has 34 heavy (non-hydrogen) atoms. The number of carbonyl (C=O) groups is 2. The zero-order valence-corrected chi connectivity index (χ0v) is 20.3. The minimum Gasteiger partial charge on any atom is -0.507 e. The van der Waals surface area contributed by atoms with Gasteiger partial charge in [-0.25, -0.2) is 0 Å². The highest BCUT2D eigenvalue weighted by atomic mass is 79.9. The summed E-state index contributed by atoms with van der Waals surface area (Å²) in [6.07, 6.45) is 3.28. The van der Waals surface area contributed by atoms with Crippen LogP contribution in [0.1, 0.15) is 29.7 Å². The van der Waals surface area contributed by atoms with Gasteiger partial charge in [-0.05, 0) is 48.4 Å². The van der Waals surface area contributed by atoms with E-state index in [2.05, 4.69) is 20.9 Å². The van der Waals surface area contributed by atoms with Gasteiger partial charge < -0.3 is 19.5 Å². The summed E-state index contributed by atoms with van der Waals surface area (Å²) in [5.41, 5.74) is 1.82. The molecule has 2 heterocycles. The molecule has 7 nitrogen and oxygen atoms in total. The molecule has 1 saturated heterocycles. The second-order valence-corrected chi connectivity index (χ2v) is 8.55. The summed E-state index contributed by atoms with van der Waals surface area (Å²) in [6.45, 7) is 2.48. The number of hydrogen-bond acceptors (Lipinski definition) is 6. The van der Waals surface area contributed by atoms with E-state index in [-0.39, 0.29) is 17.9 Å². The number of carbonyl (C=O) groups excluding carboxylic acids is 2. The van der Waals surface area contributed by atoms with E-state index in [0.29, 0.717) is 29.2 Å². The topological polar surface area (TPSA) is 89.0 Å². The number of halogens is 1. The number of aliphatic hydroxyl groups is 1. The second kappa shape index (κ2) is 10.1. The Morgan fingerprint density at radius 2 is 1.88 bits per heavy atom. The Bertz CT molecular complexity index is 1240. The van der Waals surface area contributed by atoms with Crippen LogP contribution in [0.2, 0.25) is 0 Å². The van der Waals surface area contributed by atoms with Crippen molar-refractivity contribution in [2.24, 2.45) is 0 Å². The Balaban J connectivity index is 1.88. The molecule has 0 aliphatic carbocycles. The molecule has 0 spiro atoms. The predicted molar refractivity (Wildman–Crippen MR) is 130 cm³/mol. The normalized spacial score (nSPS) is 17.1. The van der Waals surface area contributed by atoms with Gasteiger partial charge in [0.2, 0.25) is 0 Å². The van der Waals surface area contributed by atoms with Gasteiger partial charge in [0.05, 0.1) is 25.3 Å². The van der Waals surface area contributed by atoms with E-state index >= 15 is 0 Å². The Morgan fingerprint density at radius 3 is 2.53 bits per heavy atom. The van der Waals surface area contributed by atoms with E-state index in [1.165, 1.54) is 12.0 Å². The molecule has 1 aromatic heterocycles. The van der Waals surface area contributed by atoms with Crippen LogP contribution in [0.3, 0.4) is 0 Å². The molecule has 174 valence electrons. The maximum absolute atomic E-state index is 13.2. The fourth-order valence-electron chi connectivity index (χ4n) is 3.97. The van der Waals surface area contributed by atoms with Gasteiger partial charge in [-0.15, -0.1) is 0 Å². The van der Waals surface area contributed by atoms with Crippen LogP contribution in [-0.4, -0.2) is 40.4 Å². The van der Waals surface area contributed by atoms with Crippen LogP contribution in [-0.2, 0) is 16.1 Å². The van der Waals surface area contributed by atoms with Crippen molar-refractivity contribution in [2.45, 2.75) is 19.5 Å². The molecule has 1 N–H and O–H groups in total. The summed E-state index contributed by atoms with van der Waals surface area (Å²) in [4.78, 5) is 31.9. The number of hydrogen-bond donors (Lipinski definition) is 1. The van der Waals surface area contributed by atoms with Gasteiger partial charge in [-0.1, -0.05) is 40.2 Å². The van der Waals surface area contributed by atoms with Crippen LogP contribution in [0, 0.1) is 0 Å². The van der Waals surface area contributed by atoms with Gasteiger partial charge in [0, 0.05) is 29.0 Å². The SMILES string of the molecule is CCOc1ccc([C@@H]2C(=C(O)c3ccc(Br)cc3)C(=O)C(=O)N2Cc2cccnc2)cc1OC. The van der Waals surface area contributed by atoms with Crippen molar-refractivity contribution in [1.29, 1.82) is 0 Å². The standard InChI is InChI=1S/C26H23BrN2O5/c1-3-34-20-11-8-18(13-21(20)33-2)23-22(24(30)17-6-9-19(27)10-7-17)25(31)26(32)29(23)15-16-5-4-12-28-14-16/h4-14,23,30H,3,15H2,1-2H3/t23-/m1/s1. The van der Waals surface area contributed by atoms with Gasteiger partial charge in [0.25, 0.3) is 11.7 Å². The van der Waals surface area contributed by atoms with Crippen LogP contribution in [0.25, 0.3) is 5.76 Å². The first-order valence-electron chi connectivity index (χ1n) is 10.7. The zero-order chi connectivity index (χ0) is 24.2. The van der Waals surface area contributed by atoms with Crippen molar-refractivity contribution < 1.29 is 24.2 Å². The molecule has 8 heteroatoms. The number of Topliss-reactive ketones (excluding diaryl/α,β-unsaturated/α-hetero) is 1. The number of rotatable bonds is 7. The fraction of sp³-hybridized carbons (Fsp3) is 0.192. The number of aliphatic hydroxyl groups excluding tert-OH is 1. The first kappa shape index (κ1) is 23.5. The third-order valence-electron chi connectivity index (χ3n) is 5.54. The minimum atomic E-state index is -0.826. The maximum Gasteiger partial charge on any atom is 0.295 e. The van der Waals surface area contributed by atoms with E-state index in [4.69, 9.17) is 9.47 Å². The number of benzene rings is 2. The molecule has 0 saturated carbocycles. The van der Waals surface area contributed by atoms with Crippen molar-refractivity contribution in [3.8, 4) is 11.5 Å². The second-order valence-electron chi connectivity index (χ2n) is 7.64. The van der Waals surface area contributed by atoms with E-state index in [1.807, 2.05) is 13.0 Å². The van der Waals surface area contributed by atoms with Crippen molar-refractivity contribution in [3.05, 3.63) is 93.7 Å². The fourth-order valence-corrected chi connectivity index (χ4v) is 4.23. The molecule has 0 unspecified atom stereocenters. The molecule has 0 bridgehead atoms. The number of pyridine rings is 1. The lowest BCUT2D eigenvalue weighted by Crippen LogP contribution is -2.29. The summed E-state index contributed by atoms with van der Waals surface area (Å²) in [6, 6.07) is 14.9. The molecule has 2 aromatic carbocycles. The molecule has 4 rings (SSSR count). The summed E-state index contributed by atoms with van der Waals surface area (Å²) >= 11 is 3.37. The summed E-state index contributed by atoms with van der Waals surface area (Å²) in [5.74, 6) is -0.666. The highest BCUT2D eigenvalue weighted by molar-refractivity contribution is 9.10. The van der Waals surface area contributed by atoms with Crippen LogP contribution in [0.15, 0.2) is 77.0 Å². The van der Waals surface area contributed by atoms with E-state index in [1.54, 1.807) is 60.9 Å². The average molecular weight is 523 g/mol. The van der Waals surface area contributed by atoms with Crippen LogP contribution in [0.4, 0.5) is 0 Å². The third-order valence-corrected chi connectivity index (χ3v) is 6.07. The molecular formula is C26H23BrN2O5.